The lowest BCUT2D eigenvalue weighted by Gasteiger charge is -2.31. The Morgan fingerprint density at radius 3 is 2.39 bits per heavy atom. The van der Waals surface area contributed by atoms with E-state index in [1.807, 2.05) is 6.92 Å². The van der Waals surface area contributed by atoms with Gasteiger partial charge in [0.05, 0.1) is 5.54 Å². The van der Waals surface area contributed by atoms with Gasteiger partial charge in [0, 0.05) is 10.6 Å². The van der Waals surface area contributed by atoms with E-state index in [0.29, 0.717) is 22.1 Å². The summed E-state index contributed by atoms with van der Waals surface area (Å²) < 4.78 is 14.1. The molecule has 1 amide bonds. The molecule has 2 nitrogen and oxygen atoms in total. The van der Waals surface area contributed by atoms with Crippen LogP contribution in [0.3, 0.4) is 0 Å². The number of carbonyl (C=O) groups is 1. The molecule has 0 atom stereocenters. The molecule has 0 saturated carbocycles. The van der Waals surface area contributed by atoms with Crippen molar-refractivity contribution in [2.24, 2.45) is 0 Å². The number of rotatable bonds is 5. The molecule has 0 aliphatic carbocycles. The van der Waals surface area contributed by atoms with Gasteiger partial charge in [0.25, 0.3) is 5.91 Å². The van der Waals surface area contributed by atoms with Crippen molar-refractivity contribution in [1.29, 1.82) is 0 Å². The first-order valence-electron chi connectivity index (χ1n) is 6.14. The van der Waals surface area contributed by atoms with Crippen molar-refractivity contribution in [3.8, 4) is 0 Å². The van der Waals surface area contributed by atoms with Crippen molar-refractivity contribution in [2.75, 3.05) is 0 Å². The van der Waals surface area contributed by atoms with Crippen molar-refractivity contribution in [1.82, 2.24) is 5.12 Å². The molecule has 0 heterocycles. The highest BCUT2D eigenvalue weighted by atomic mass is 35.5. The van der Waals surface area contributed by atoms with Crippen LogP contribution in [-0.4, -0.2) is 16.6 Å². The molecule has 0 aliphatic heterocycles. The highest BCUT2D eigenvalue weighted by Gasteiger charge is 2.31. The first-order chi connectivity index (χ1) is 8.38. The minimum absolute atomic E-state index is 0.312. The zero-order valence-corrected chi connectivity index (χ0v) is 11.8. The Hall–Kier alpha value is -1.09. The number of carbonyl (C=O) groups excluding carboxylic acids is 1. The van der Waals surface area contributed by atoms with Crippen LogP contribution >= 0.6 is 11.6 Å². The van der Waals surface area contributed by atoms with Crippen LogP contribution in [0.15, 0.2) is 24.3 Å². The van der Waals surface area contributed by atoms with Gasteiger partial charge in [0.15, 0.2) is 0 Å². The Morgan fingerprint density at radius 1 is 1.33 bits per heavy atom. The van der Waals surface area contributed by atoms with E-state index in [-0.39, 0.29) is 0 Å². The maximum Gasteiger partial charge on any atom is 0.282 e. The van der Waals surface area contributed by atoms with Crippen LogP contribution in [-0.2, 0) is 0 Å². The summed E-state index contributed by atoms with van der Waals surface area (Å²) in [4.78, 5) is 12.0. The number of nitrogens with zero attached hydrogens (tertiary/aromatic N) is 1. The monoisotopic (exact) mass is 271 g/mol. The standard InChI is InChI=1S/C14H19ClFNO/c1-4-5-10-14(2,3)17(16)13(18)11-6-8-12(15)9-7-11/h6-9H,4-5,10H2,1-3H3. The van der Waals surface area contributed by atoms with E-state index >= 15 is 0 Å². The molecule has 1 aromatic rings. The van der Waals surface area contributed by atoms with Crippen LogP contribution in [0.4, 0.5) is 4.48 Å². The SMILES string of the molecule is CCCCC(C)(C)N(F)C(=O)c1ccc(Cl)cc1. The second-order valence-electron chi connectivity index (χ2n) is 5.01. The Kier molecular flexibility index (Phi) is 5.15. The lowest BCUT2D eigenvalue weighted by atomic mass is 9.96. The summed E-state index contributed by atoms with van der Waals surface area (Å²) in [5.74, 6) is -0.618. The predicted molar refractivity (Wildman–Crippen MR) is 72.3 cm³/mol. The molecule has 0 fully saturated rings. The van der Waals surface area contributed by atoms with Crippen LogP contribution in [0.2, 0.25) is 5.02 Å². The van der Waals surface area contributed by atoms with Crippen LogP contribution in [0.25, 0.3) is 0 Å². The fourth-order valence-electron chi connectivity index (χ4n) is 1.69. The summed E-state index contributed by atoms with van der Waals surface area (Å²) in [6, 6.07) is 6.24. The van der Waals surface area contributed by atoms with E-state index in [0.717, 1.165) is 12.8 Å². The average Bonchev–Trinajstić information content (AvgIpc) is 2.35. The van der Waals surface area contributed by atoms with E-state index < -0.39 is 11.4 Å². The molecule has 0 aromatic heterocycles. The molecule has 0 unspecified atom stereocenters. The number of benzene rings is 1. The quantitative estimate of drug-likeness (QED) is 0.715. The number of unbranched alkanes of at least 4 members (excludes halogenated alkanes) is 1. The molecule has 0 radical (unpaired) electrons. The fraction of sp³-hybridized carbons (Fsp3) is 0.500. The molecule has 0 spiro atoms. The molecular weight excluding hydrogens is 253 g/mol. The summed E-state index contributed by atoms with van der Waals surface area (Å²) >= 11 is 5.74. The smallest absolute Gasteiger partial charge is 0.266 e. The molecule has 0 N–H and O–H groups in total. The van der Waals surface area contributed by atoms with Crippen LogP contribution in [0.1, 0.15) is 50.4 Å². The lowest BCUT2D eigenvalue weighted by Crippen LogP contribution is -2.42. The van der Waals surface area contributed by atoms with Crippen LogP contribution < -0.4 is 0 Å². The summed E-state index contributed by atoms with van der Waals surface area (Å²) in [6.45, 7) is 5.51. The Bertz CT molecular complexity index is 403. The van der Waals surface area contributed by atoms with Crippen molar-refractivity contribution >= 4 is 17.5 Å². The molecule has 0 saturated heterocycles. The molecule has 1 rings (SSSR count). The maximum atomic E-state index is 14.1. The average molecular weight is 272 g/mol. The third-order valence-corrected chi connectivity index (χ3v) is 3.20. The highest BCUT2D eigenvalue weighted by Crippen LogP contribution is 2.24. The van der Waals surface area contributed by atoms with Crippen molar-refractivity contribution in [3.05, 3.63) is 34.9 Å². The van der Waals surface area contributed by atoms with Gasteiger partial charge < -0.3 is 0 Å². The molecule has 4 heteroatoms. The van der Waals surface area contributed by atoms with Crippen LogP contribution in [0.5, 0.6) is 0 Å². The third-order valence-electron chi connectivity index (χ3n) is 2.94. The zero-order chi connectivity index (χ0) is 13.8. The largest absolute Gasteiger partial charge is 0.282 e. The van der Waals surface area contributed by atoms with E-state index in [2.05, 4.69) is 0 Å². The van der Waals surface area contributed by atoms with Crippen LogP contribution in [0, 0.1) is 0 Å². The number of halogens is 2. The van der Waals surface area contributed by atoms with Gasteiger partial charge in [-0.3, -0.25) is 4.79 Å². The van der Waals surface area contributed by atoms with E-state index in [1.165, 1.54) is 12.1 Å². The number of hydrogen-bond acceptors (Lipinski definition) is 1. The molecule has 0 aliphatic rings. The Balaban J connectivity index is 2.79. The highest BCUT2D eigenvalue weighted by molar-refractivity contribution is 6.30. The second-order valence-corrected chi connectivity index (χ2v) is 5.45. The molecule has 100 valence electrons. The van der Waals surface area contributed by atoms with Gasteiger partial charge in [0.1, 0.15) is 0 Å². The minimum atomic E-state index is -0.785. The Labute approximate surface area is 113 Å². The maximum absolute atomic E-state index is 14.1. The van der Waals surface area contributed by atoms with Gasteiger partial charge in [-0.25, -0.2) is 0 Å². The summed E-state index contributed by atoms with van der Waals surface area (Å²) in [5.41, 5.74) is -0.473. The normalized spacial score (nSPS) is 11.4. The van der Waals surface area contributed by atoms with Gasteiger partial charge in [-0.05, 0) is 44.5 Å². The lowest BCUT2D eigenvalue weighted by molar-refractivity contribution is -0.0432. The van der Waals surface area contributed by atoms with E-state index in [9.17, 15) is 9.28 Å². The van der Waals surface area contributed by atoms with Crippen molar-refractivity contribution in [3.63, 3.8) is 0 Å². The first kappa shape index (κ1) is 15.0. The zero-order valence-electron chi connectivity index (χ0n) is 11.0. The van der Waals surface area contributed by atoms with Gasteiger partial charge in [-0.15, -0.1) is 0 Å². The van der Waals surface area contributed by atoms with Gasteiger partial charge in [0.2, 0.25) is 0 Å². The first-order valence-corrected chi connectivity index (χ1v) is 6.52. The van der Waals surface area contributed by atoms with Crippen molar-refractivity contribution < 1.29 is 9.28 Å². The molecule has 18 heavy (non-hydrogen) atoms. The number of hydrogen-bond donors (Lipinski definition) is 0. The number of amides is 1. The predicted octanol–water partition coefficient (Wildman–Crippen LogP) is 4.64. The summed E-state index contributed by atoms with van der Waals surface area (Å²) in [6.07, 6.45) is 2.51. The van der Waals surface area contributed by atoms with Crippen molar-refractivity contribution in [2.45, 2.75) is 45.6 Å². The minimum Gasteiger partial charge on any atom is -0.266 e. The van der Waals surface area contributed by atoms with Gasteiger partial charge in [-0.2, -0.15) is 5.12 Å². The topological polar surface area (TPSA) is 20.3 Å². The molecule has 1 aromatic carbocycles. The van der Waals surface area contributed by atoms with E-state index in [1.54, 1.807) is 26.0 Å². The fourth-order valence-corrected chi connectivity index (χ4v) is 1.81. The summed E-state index contributed by atoms with van der Waals surface area (Å²) in [7, 11) is 0. The summed E-state index contributed by atoms with van der Waals surface area (Å²) in [5, 5.41) is 0.855. The Morgan fingerprint density at radius 2 is 1.89 bits per heavy atom. The second kappa shape index (κ2) is 6.19. The molecule has 0 bridgehead atoms. The van der Waals surface area contributed by atoms with E-state index in [4.69, 9.17) is 11.6 Å². The third kappa shape index (κ3) is 3.70. The molecular formula is C14H19ClFNO. The van der Waals surface area contributed by atoms with Gasteiger partial charge in [-0.1, -0.05) is 35.8 Å². The van der Waals surface area contributed by atoms with Gasteiger partial charge >= 0.3 is 0 Å².